The number of hydrogen-bond acceptors (Lipinski definition) is 7. The number of furan rings is 1. The number of carbonyl (C=O) groups is 2. The first-order valence-electron chi connectivity index (χ1n) is 5.76. The van der Waals surface area contributed by atoms with Gasteiger partial charge in [-0.05, 0) is 12.1 Å². The molecule has 19 heavy (non-hydrogen) atoms. The van der Waals surface area contributed by atoms with E-state index in [-0.39, 0.29) is 32.8 Å². The van der Waals surface area contributed by atoms with Crippen molar-refractivity contribution in [3.8, 4) is 0 Å². The van der Waals surface area contributed by atoms with Gasteiger partial charge in [0.25, 0.3) is 0 Å². The van der Waals surface area contributed by atoms with Gasteiger partial charge in [0, 0.05) is 6.42 Å². The molecule has 1 heterocycles. The molecule has 1 rings (SSSR count). The van der Waals surface area contributed by atoms with Gasteiger partial charge in [0.1, 0.15) is 19.0 Å². The van der Waals surface area contributed by atoms with Gasteiger partial charge >= 0.3 is 11.9 Å². The molecule has 1 aromatic heterocycles. The van der Waals surface area contributed by atoms with Gasteiger partial charge in [-0.15, -0.1) is 0 Å². The lowest BCUT2D eigenvalue weighted by Gasteiger charge is -2.13. The summed E-state index contributed by atoms with van der Waals surface area (Å²) in [6, 6.07) is 3.25. The molecule has 0 aliphatic carbocycles. The van der Waals surface area contributed by atoms with Crippen molar-refractivity contribution in [1.82, 2.24) is 0 Å². The van der Waals surface area contributed by atoms with E-state index in [9.17, 15) is 9.59 Å². The van der Waals surface area contributed by atoms with Crippen molar-refractivity contribution in [1.29, 1.82) is 0 Å². The predicted molar refractivity (Wildman–Crippen MR) is 62.0 cm³/mol. The van der Waals surface area contributed by atoms with Gasteiger partial charge in [0.05, 0.1) is 19.5 Å². The van der Waals surface area contributed by atoms with E-state index < -0.39 is 17.9 Å². The van der Waals surface area contributed by atoms with E-state index in [0.29, 0.717) is 5.76 Å². The first-order valence-corrected chi connectivity index (χ1v) is 5.76. The summed E-state index contributed by atoms with van der Waals surface area (Å²) < 4.78 is 14.5. The third-order valence-corrected chi connectivity index (χ3v) is 2.23. The van der Waals surface area contributed by atoms with E-state index in [4.69, 9.17) is 24.1 Å². The Labute approximate surface area is 109 Å². The molecule has 0 fully saturated rings. The van der Waals surface area contributed by atoms with Crippen LogP contribution >= 0.6 is 0 Å². The molecule has 0 aliphatic rings. The monoisotopic (exact) mass is 272 g/mol. The van der Waals surface area contributed by atoms with E-state index in [2.05, 4.69) is 0 Å². The quantitative estimate of drug-likeness (QED) is 0.485. The van der Waals surface area contributed by atoms with Gasteiger partial charge in [-0.2, -0.15) is 0 Å². The van der Waals surface area contributed by atoms with Gasteiger partial charge in [0.2, 0.25) is 0 Å². The fourth-order valence-electron chi connectivity index (χ4n) is 1.39. The first kappa shape index (κ1) is 15.2. The standard InChI is InChI=1S/C12H16O7/c13-3-6-18-11(15)10(12(16)19-7-4-14)8-9-2-1-5-17-9/h1-2,5,10,13-14H,3-4,6-8H2. The average Bonchev–Trinajstić information content (AvgIpc) is 2.92. The molecule has 0 amide bonds. The summed E-state index contributed by atoms with van der Waals surface area (Å²) in [5.41, 5.74) is 0. The van der Waals surface area contributed by atoms with Crippen molar-refractivity contribution in [2.45, 2.75) is 6.42 Å². The second kappa shape index (κ2) is 8.28. The highest BCUT2D eigenvalue weighted by Gasteiger charge is 2.31. The highest BCUT2D eigenvalue weighted by atomic mass is 16.6. The SMILES string of the molecule is O=C(OCCO)C(Cc1ccco1)C(=O)OCCO. The summed E-state index contributed by atoms with van der Waals surface area (Å²) in [7, 11) is 0. The lowest BCUT2D eigenvalue weighted by molar-refractivity contribution is -0.163. The molecule has 0 atom stereocenters. The molecule has 0 saturated heterocycles. The first-order chi connectivity index (χ1) is 9.19. The number of aliphatic hydroxyl groups is 2. The Kier molecular flexibility index (Phi) is 6.62. The number of carbonyl (C=O) groups excluding carboxylic acids is 2. The van der Waals surface area contributed by atoms with Crippen LogP contribution in [0.3, 0.4) is 0 Å². The fraction of sp³-hybridized carbons (Fsp3) is 0.500. The second-order valence-corrected chi connectivity index (χ2v) is 3.62. The van der Waals surface area contributed by atoms with E-state index in [1.54, 1.807) is 12.1 Å². The van der Waals surface area contributed by atoms with E-state index >= 15 is 0 Å². The molecule has 0 aromatic carbocycles. The zero-order valence-corrected chi connectivity index (χ0v) is 10.3. The van der Waals surface area contributed by atoms with Crippen molar-refractivity contribution in [2.24, 2.45) is 5.92 Å². The molecule has 7 nitrogen and oxygen atoms in total. The molecule has 1 aromatic rings. The van der Waals surface area contributed by atoms with E-state index in [1.165, 1.54) is 6.26 Å². The predicted octanol–water partition coefficient (Wildman–Crippen LogP) is -0.491. The average molecular weight is 272 g/mol. The molecule has 106 valence electrons. The van der Waals surface area contributed by atoms with Crippen molar-refractivity contribution in [2.75, 3.05) is 26.4 Å². The lowest BCUT2D eigenvalue weighted by atomic mass is 10.0. The third kappa shape index (κ3) is 5.11. The zero-order valence-electron chi connectivity index (χ0n) is 10.3. The second-order valence-electron chi connectivity index (χ2n) is 3.62. The summed E-state index contributed by atoms with van der Waals surface area (Å²) in [5, 5.41) is 17.2. The Balaban J connectivity index is 2.66. The molecular weight excluding hydrogens is 256 g/mol. The van der Waals surface area contributed by atoms with Crippen LogP contribution in [0, 0.1) is 5.92 Å². The van der Waals surface area contributed by atoms with Crippen molar-refractivity contribution >= 4 is 11.9 Å². The van der Waals surface area contributed by atoms with Crippen LogP contribution in [0.1, 0.15) is 5.76 Å². The minimum absolute atomic E-state index is 0.00151. The maximum absolute atomic E-state index is 11.7. The van der Waals surface area contributed by atoms with Crippen molar-refractivity contribution in [3.05, 3.63) is 24.2 Å². The molecule has 0 unspecified atom stereocenters. The molecule has 0 radical (unpaired) electrons. The van der Waals surface area contributed by atoms with Crippen molar-refractivity contribution < 1.29 is 33.7 Å². The number of ether oxygens (including phenoxy) is 2. The lowest BCUT2D eigenvalue weighted by Crippen LogP contribution is -2.31. The fourth-order valence-corrected chi connectivity index (χ4v) is 1.39. The van der Waals surface area contributed by atoms with Crippen LogP contribution in [0.5, 0.6) is 0 Å². The molecule has 0 aliphatic heterocycles. The number of aliphatic hydroxyl groups excluding tert-OH is 2. The van der Waals surface area contributed by atoms with Crippen LogP contribution in [0.2, 0.25) is 0 Å². The van der Waals surface area contributed by atoms with Crippen LogP contribution in [0.15, 0.2) is 22.8 Å². The Morgan fingerprint density at radius 2 is 1.74 bits per heavy atom. The molecule has 0 bridgehead atoms. The largest absolute Gasteiger partial charge is 0.469 e. The van der Waals surface area contributed by atoms with Crippen LogP contribution in [-0.4, -0.2) is 48.6 Å². The van der Waals surface area contributed by atoms with Gasteiger partial charge in [0.15, 0.2) is 5.92 Å². The minimum Gasteiger partial charge on any atom is -0.469 e. The summed E-state index contributed by atoms with van der Waals surface area (Å²) in [5.74, 6) is -2.34. The molecule has 2 N–H and O–H groups in total. The number of rotatable bonds is 8. The van der Waals surface area contributed by atoms with Gasteiger partial charge in [-0.3, -0.25) is 9.59 Å². The van der Waals surface area contributed by atoms with Crippen LogP contribution in [0.4, 0.5) is 0 Å². The van der Waals surface area contributed by atoms with Crippen LogP contribution in [0.25, 0.3) is 0 Å². The molecule has 0 spiro atoms. The topological polar surface area (TPSA) is 106 Å². The summed E-state index contributed by atoms with van der Waals surface area (Å²) >= 11 is 0. The number of esters is 2. The van der Waals surface area contributed by atoms with Crippen LogP contribution < -0.4 is 0 Å². The minimum atomic E-state index is -1.18. The highest BCUT2D eigenvalue weighted by Crippen LogP contribution is 2.13. The van der Waals surface area contributed by atoms with Gasteiger partial charge in [-0.25, -0.2) is 0 Å². The maximum atomic E-state index is 11.7. The molecule has 7 heteroatoms. The molecular formula is C12H16O7. The number of hydrogen-bond donors (Lipinski definition) is 2. The summed E-state index contributed by atoms with van der Waals surface area (Å²) in [4.78, 5) is 23.4. The smallest absolute Gasteiger partial charge is 0.320 e. The Morgan fingerprint density at radius 3 is 2.16 bits per heavy atom. The Hall–Kier alpha value is -1.86. The van der Waals surface area contributed by atoms with Crippen molar-refractivity contribution in [3.63, 3.8) is 0 Å². The third-order valence-electron chi connectivity index (χ3n) is 2.23. The normalized spacial score (nSPS) is 10.5. The maximum Gasteiger partial charge on any atom is 0.320 e. The van der Waals surface area contributed by atoms with E-state index in [1.807, 2.05) is 0 Å². The Morgan fingerprint density at radius 1 is 1.16 bits per heavy atom. The van der Waals surface area contributed by atoms with Gasteiger partial charge < -0.3 is 24.1 Å². The highest BCUT2D eigenvalue weighted by molar-refractivity contribution is 5.95. The Bertz CT molecular complexity index is 365. The van der Waals surface area contributed by atoms with Crippen LogP contribution in [-0.2, 0) is 25.5 Å². The summed E-state index contributed by atoms with van der Waals surface area (Å²) in [6.07, 6.45) is 1.42. The van der Waals surface area contributed by atoms with E-state index in [0.717, 1.165) is 0 Å². The molecule has 0 saturated carbocycles. The van der Waals surface area contributed by atoms with Gasteiger partial charge in [-0.1, -0.05) is 0 Å². The zero-order chi connectivity index (χ0) is 14.1. The summed E-state index contributed by atoms with van der Waals surface area (Å²) in [6.45, 7) is -1.04.